The fourth-order valence-electron chi connectivity index (χ4n) is 2.33. The standard InChI is InChI=1S/C15H18N2O2.ClH/c1-17-9-7-13(8-10-17)18-15-11-14(19-16-15)12-5-3-2-4-6-12;/h2-6,11,13H,7-10H2,1H3;1H. The largest absolute Gasteiger partial charge is 0.472 e. The molecule has 0 amide bonds. The minimum absolute atomic E-state index is 0. The SMILES string of the molecule is CN1CCC(Oc2cc(-c3ccccc3)on2)CC1.Cl. The second-order valence-electron chi connectivity index (χ2n) is 5.02. The Morgan fingerprint density at radius 3 is 2.60 bits per heavy atom. The summed E-state index contributed by atoms with van der Waals surface area (Å²) in [5.41, 5.74) is 1.02. The van der Waals surface area contributed by atoms with Crippen LogP contribution in [0.4, 0.5) is 0 Å². The van der Waals surface area contributed by atoms with Crippen LogP contribution in [0.1, 0.15) is 12.8 Å². The number of likely N-dealkylation sites (tertiary alicyclic amines) is 1. The number of halogens is 1. The van der Waals surface area contributed by atoms with Gasteiger partial charge in [-0.15, -0.1) is 12.4 Å². The lowest BCUT2D eigenvalue weighted by atomic mass is 10.1. The fraction of sp³-hybridized carbons (Fsp3) is 0.400. The van der Waals surface area contributed by atoms with Crippen molar-refractivity contribution in [2.24, 2.45) is 0 Å². The smallest absolute Gasteiger partial charge is 0.254 e. The van der Waals surface area contributed by atoms with Gasteiger partial charge >= 0.3 is 0 Å². The summed E-state index contributed by atoms with van der Waals surface area (Å²) in [5.74, 6) is 1.34. The van der Waals surface area contributed by atoms with Gasteiger partial charge in [0.1, 0.15) is 6.10 Å². The maximum atomic E-state index is 5.87. The van der Waals surface area contributed by atoms with Gasteiger partial charge in [0, 0.05) is 24.7 Å². The average molecular weight is 295 g/mol. The Morgan fingerprint density at radius 2 is 1.90 bits per heavy atom. The average Bonchev–Trinajstić information content (AvgIpc) is 2.91. The monoisotopic (exact) mass is 294 g/mol. The van der Waals surface area contributed by atoms with E-state index in [2.05, 4.69) is 17.1 Å². The zero-order chi connectivity index (χ0) is 13.1. The zero-order valence-corrected chi connectivity index (χ0v) is 12.3. The first-order chi connectivity index (χ1) is 9.31. The van der Waals surface area contributed by atoms with E-state index < -0.39 is 0 Å². The number of aromatic nitrogens is 1. The van der Waals surface area contributed by atoms with Gasteiger partial charge in [-0.3, -0.25) is 0 Å². The first-order valence-corrected chi connectivity index (χ1v) is 6.68. The van der Waals surface area contributed by atoms with E-state index in [-0.39, 0.29) is 18.5 Å². The minimum Gasteiger partial charge on any atom is -0.472 e. The van der Waals surface area contributed by atoms with Crippen molar-refractivity contribution in [3.05, 3.63) is 36.4 Å². The molecule has 2 aromatic rings. The molecule has 2 heterocycles. The van der Waals surface area contributed by atoms with Crippen molar-refractivity contribution in [3.8, 4) is 17.2 Å². The summed E-state index contributed by atoms with van der Waals surface area (Å²) >= 11 is 0. The molecular formula is C15H19ClN2O2. The molecule has 0 aliphatic carbocycles. The molecule has 1 saturated heterocycles. The van der Waals surface area contributed by atoms with Gasteiger partial charge in [-0.1, -0.05) is 30.3 Å². The van der Waals surface area contributed by atoms with Crippen LogP contribution in [0.5, 0.6) is 5.88 Å². The predicted octanol–water partition coefficient (Wildman–Crippen LogP) is 3.24. The summed E-state index contributed by atoms with van der Waals surface area (Å²) in [4.78, 5) is 2.32. The number of hydrogen-bond acceptors (Lipinski definition) is 4. The van der Waals surface area contributed by atoms with E-state index in [1.165, 1.54) is 0 Å². The van der Waals surface area contributed by atoms with E-state index in [0.29, 0.717) is 5.88 Å². The van der Waals surface area contributed by atoms with Gasteiger partial charge < -0.3 is 14.2 Å². The van der Waals surface area contributed by atoms with Crippen molar-refractivity contribution < 1.29 is 9.26 Å². The summed E-state index contributed by atoms with van der Waals surface area (Å²) in [5, 5.41) is 3.99. The van der Waals surface area contributed by atoms with Crippen LogP contribution >= 0.6 is 12.4 Å². The molecule has 0 N–H and O–H groups in total. The molecule has 1 aliphatic heterocycles. The quantitative estimate of drug-likeness (QED) is 0.871. The number of nitrogens with zero attached hydrogens (tertiary/aromatic N) is 2. The van der Waals surface area contributed by atoms with Crippen LogP contribution in [-0.2, 0) is 0 Å². The minimum atomic E-state index is 0. The first kappa shape index (κ1) is 14.9. The van der Waals surface area contributed by atoms with E-state index >= 15 is 0 Å². The van der Waals surface area contributed by atoms with Crippen LogP contribution < -0.4 is 4.74 Å². The van der Waals surface area contributed by atoms with Crippen LogP contribution in [0.2, 0.25) is 0 Å². The second kappa shape index (κ2) is 6.77. The van der Waals surface area contributed by atoms with Crippen LogP contribution in [0.15, 0.2) is 40.9 Å². The van der Waals surface area contributed by atoms with Gasteiger partial charge in [0.2, 0.25) is 0 Å². The topological polar surface area (TPSA) is 38.5 Å². The predicted molar refractivity (Wildman–Crippen MR) is 80.3 cm³/mol. The highest BCUT2D eigenvalue weighted by molar-refractivity contribution is 5.85. The summed E-state index contributed by atoms with van der Waals surface area (Å²) in [7, 11) is 2.14. The normalized spacial score (nSPS) is 16.6. The first-order valence-electron chi connectivity index (χ1n) is 6.68. The molecule has 3 rings (SSSR count). The Kier molecular flexibility index (Phi) is 5.04. The molecular weight excluding hydrogens is 276 g/mol. The highest BCUT2D eigenvalue weighted by Crippen LogP contribution is 2.25. The third-order valence-corrected chi connectivity index (χ3v) is 3.50. The van der Waals surface area contributed by atoms with Crippen molar-refractivity contribution in [2.45, 2.75) is 18.9 Å². The van der Waals surface area contributed by atoms with Crippen LogP contribution in [0, 0.1) is 0 Å². The molecule has 0 radical (unpaired) electrons. The van der Waals surface area contributed by atoms with E-state index in [1.807, 2.05) is 36.4 Å². The van der Waals surface area contributed by atoms with E-state index in [9.17, 15) is 0 Å². The van der Waals surface area contributed by atoms with E-state index in [4.69, 9.17) is 9.26 Å². The molecule has 0 spiro atoms. The van der Waals surface area contributed by atoms with Gasteiger partial charge in [0.15, 0.2) is 5.76 Å². The van der Waals surface area contributed by atoms with Gasteiger partial charge in [-0.2, -0.15) is 0 Å². The van der Waals surface area contributed by atoms with E-state index in [1.54, 1.807) is 0 Å². The van der Waals surface area contributed by atoms with Gasteiger partial charge in [-0.25, -0.2) is 0 Å². The molecule has 0 bridgehead atoms. The summed E-state index contributed by atoms with van der Waals surface area (Å²) in [6.07, 6.45) is 2.35. The number of piperidine rings is 1. The molecule has 5 heteroatoms. The molecule has 20 heavy (non-hydrogen) atoms. The Hall–Kier alpha value is -1.52. The molecule has 4 nitrogen and oxygen atoms in total. The van der Waals surface area contributed by atoms with E-state index in [0.717, 1.165) is 37.3 Å². The highest BCUT2D eigenvalue weighted by atomic mass is 35.5. The number of hydrogen-bond donors (Lipinski definition) is 0. The van der Waals surface area contributed by atoms with Crippen molar-refractivity contribution in [3.63, 3.8) is 0 Å². The third-order valence-electron chi connectivity index (χ3n) is 3.50. The van der Waals surface area contributed by atoms with Crippen molar-refractivity contribution in [1.82, 2.24) is 10.1 Å². The lowest BCUT2D eigenvalue weighted by Gasteiger charge is -2.28. The molecule has 1 aromatic carbocycles. The number of rotatable bonds is 3. The lowest BCUT2D eigenvalue weighted by molar-refractivity contribution is 0.106. The number of ether oxygens (including phenoxy) is 1. The maximum absolute atomic E-state index is 5.87. The van der Waals surface area contributed by atoms with Gasteiger partial charge in [-0.05, 0) is 25.0 Å². The molecule has 0 unspecified atom stereocenters. The molecule has 0 saturated carbocycles. The lowest BCUT2D eigenvalue weighted by Crippen LogP contribution is -2.35. The third kappa shape index (κ3) is 3.52. The van der Waals surface area contributed by atoms with Crippen molar-refractivity contribution >= 4 is 12.4 Å². The Balaban J connectivity index is 0.00000147. The number of benzene rings is 1. The van der Waals surface area contributed by atoms with Crippen molar-refractivity contribution in [1.29, 1.82) is 0 Å². The van der Waals surface area contributed by atoms with Crippen molar-refractivity contribution in [2.75, 3.05) is 20.1 Å². The summed E-state index contributed by atoms with van der Waals surface area (Å²) in [6.45, 7) is 2.15. The Morgan fingerprint density at radius 1 is 1.20 bits per heavy atom. The summed E-state index contributed by atoms with van der Waals surface area (Å²) < 4.78 is 11.2. The van der Waals surface area contributed by atoms with Crippen LogP contribution in [0.25, 0.3) is 11.3 Å². The summed E-state index contributed by atoms with van der Waals surface area (Å²) in [6, 6.07) is 11.8. The Labute approximate surface area is 125 Å². The Bertz CT molecular complexity index is 522. The molecule has 0 atom stereocenters. The zero-order valence-electron chi connectivity index (χ0n) is 11.5. The molecule has 1 aliphatic rings. The highest BCUT2D eigenvalue weighted by Gasteiger charge is 2.19. The van der Waals surface area contributed by atoms with Gasteiger partial charge in [0.05, 0.1) is 0 Å². The van der Waals surface area contributed by atoms with Crippen LogP contribution in [-0.4, -0.2) is 36.3 Å². The molecule has 1 fully saturated rings. The van der Waals surface area contributed by atoms with Gasteiger partial charge in [0.25, 0.3) is 5.88 Å². The maximum Gasteiger partial charge on any atom is 0.254 e. The molecule has 1 aromatic heterocycles. The second-order valence-corrected chi connectivity index (χ2v) is 5.02. The van der Waals surface area contributed by atoms with Crippen LogP contribution in [0.3, 0.4) is 0 Å². The molecule has 108 valence electrons. The fourth-order valence-corrected chi connectivity index (χ4v) is 2.33.